The van der Waals surface area contributed by atoms with Gasteiger partial charge in [-0.05, 0) is 30.2 Å². The zero-order valence-corrected chi connectivity index (χ0v) is 12.8. The van der Waals surface area contributed by atoms with Gasteiger partial charge in [-0.3, -0.25) is 0 Å². The van der Waals surface area contributed by atoms with Crippen LogP contribution < -0.4 is 4.74 Å². The van der Waals surface area contributed by atoms with Crippen molar-refractivity contribution in [2.45, 2.75) is 19.8 Å². The number of aryl methyl sites for hydroxylation is 1. The van der Waals surface area contributed by atoms with E-state index in [1.165, 1.54) is 11.3 Å². The highest BCUT2D eigenvalue weighted by Crippen LogP contribution is 2.24. The Hall–Kier alpha value is -2.14. The van der Waals surface area contributed by atoms with Crippen molar-refractivity contribution in [3.05, 3.63) is 51.5 Å². The summed E-state index contributed by atoms with van der Waals surface area (Å²) in [6.45, 7) is 2.02. The summed E-state index contributed by atoms with van der Waals surface area (Å²) in [5.41, 5.74) is 2.10. The van der Waals surface area contributed by atoms with Crippen molar-refractivity contribution in [1.82, 2.24) is 4.98 Å². The molecule has 2 rings (SSSR count). The number of benzene rings is 1. The second-order valence-electron chi connectivity index (χ2n) is 4.47. The number of aromatic nitrogens is 1. The molecule has 0 aliphatic carbocycles. The maximum absolute atomic E-state index is 10.6. The molecule has 0 aliphatic heterocycles. The number of thiazole rings is 1. The predicted octanol–water partition coefficient (Wildman–Crippen LogP) is 3.40. The third-order valence-electron chi connectivity index (χ3n) is 3.00. The highest BCUT2D eigenvalue weighted by molar-refractivity contribution is 7.12. The molecular formula is C16H17NO3S. The standard InChI is InChI=1S/C16H17NO3S/c1-3-13-14(8-9-16(18)19)21-15(17-13)10-11-4-6-12(20-2)7-5-11/h4-9H,3,10H2,1-2H3,(H,18,19)/b9-8+. The lowest BCUT2D eigenvalue weighted by Crippen LogP contribution is -1.90. The minimum Gasteiger partial charge on any atom is -0.497 e. The summed E-state index contributed by atoms with van der Waals surface area (Å²) in [4.78, 5) is 16.1. The number of hydrogen-bond acceptors (Lipinski definition) is 4. The topological polar surface area (TPSA) is 59.4 Å². The summed E-state index contributed by atoms with van der Waals surface area (Å²) >= 11 is 1.54. The van der Waals surface area contributed by atoms with Crippen LogP contribution in [0.1, 0.15) is 28.1 Å². The molecule has 0 saturated carbocycles. The van der Waals surface area contributed by atoms with Crippen molar-refractivity contribution in [2.75, 3.05) is 7.11 Å². The van der Waals surface area contributed by atoms with Crippen LogP contribution in [0.5, 0.6) is 5.75 Å². The Bertz CT molecular complexity index is 644. The molecule has 21 heavy (non-hydrogen) atoms. The molecule has 0 spiro atoms. The van der Waals surface area contributed by atoms with Gasteiger partial charge >= 0.3 is 5.97 Å². The van der Waals surface area contributed by atoms with Gasteiger partial charge < -0.3 is 9.84 Å². The van der Waals surface area contributed by atoms with Crippen molar-refractivity contribution in [1.29, 1.82) is 0 Å². The second-order valence-corrected chi connectivity index (χ2v) is 5.58. The van der Waals surface area contributed by atoms with E-state index in [2.05, 4.69) is 4.98 Å². The number of nitrogens with zero attached hydrogens (tertiary/aromatic N) is 1. The minimum absolute atomic E-state index is 0.739. The van der Waals surface area contributed by atoms with Gasteiger partial charge in [0.05, 0.1) is 22.7 Å². The first-order valence-corrected chi connectivity index (χ1v) is 7.46. The van der Waals surface area contributed by atoms with Crippen molar-refractivity contribution in [2.24, 2.45) is 0 Å². The van der Waals surface area contributed by atoms with Crippen molar-refractivity contribution >= 4 is 23.4 Å². The number of carboxylic acid groups (broad SMARTS) is 1. The molecule has 4 nitrogen and oxygen atoms in total. The summed E-state index contributed by atoms with van der Waals surface area (Å²) < 4.78 is 5.14. The third kappa shape index (κ3) is 4.16. The van der Waals surface area contributed by atoms with Gasteiger partial charge in [0.25, 0.3) is 0 Å². The molecule has 0 bridgehead atoms. The van der Waals surface area contributed by atoms with Gasteiger partial charge in [0.15, 0.2) is 0 Å². The molecule has 0 saturated heterocycles. The molecule has 1 aromatic carbocycles. The molecule has 1 N–H and O–H groups in total. The average molecular weight is 303 g/mol. The Balaban J connectivity index is 2.18. The highest BCUT2D eigenvalue weighted by atomic mass is 32.1. The molecule has 0 radical (unpaired) electrons. The molecule has 2 aromatic rings. The number of rotatable bonds is 6. The number of hydrogen-bond donors (Lipinski definition) is 1. The lowest BCUT2D eigenvalue weighted by atomic mass is 10.1. The molecule has 1 heterocycles. The molecule has 0 atom stereocenters. The fourth-order valence-corrected chi connectivity index (χ4v) is 3.03. The van der Waals surface area contributed by atoms with E-state index in [4.69, 9.17) is 9.84 Å². The molecule has 1 aromatic heterocycles. The first-order valence-electron chi connectivity index (χ1n) is 6.65. The van der Waals surface area contributed by atoms with Crippen LogP contribution in [0.4, 0.5) is 0 Å². The summed E-state index contributed by atoms with van der Waals surface area (Å²) in [5.74, 6) is -0.112. The third-order valence-corrected chi connectivity index (χ3v) is 4.06. The van der Waals surface area contributed by atoms with E-state index in [1.807, 2.05) is 31.2 Å². The monoisotopic (exact) mass is 303 g/mol. The van der Waals surface area contributed by atoms with Gasteiger partial charge in [-0.1, -0.05) is 19.1 Å². The minimum atomic E-state index is -0.942. The SMILES string of the molecule is CCc1nc(Cc2ccc(OC)cc2)sc1/C=C/C(=O)O. The maximum atomic E-state index is 10.6. The van der Waals surface area contributed by atoms with Gasteiger partial charge in [0, 0.05) is 12.5 Å². The van der Waals surface area contributed by atoms with Crippen LogP contribution in [0.25, 0.3) is 6.08 Å². The van der Waals surface area contributed by atoms with Crippen LogP contribution in [-0.4, -0.2) is 23.2 Å². The van der Waals surface area contributed by atoms with Gasteiger partial charge in [0.1, 0.15) is 5.75 Å². The first kappa shape index (κ1) is 15.3. The number of carbonyl (C=O) groups is 1. The zero-order valence-electron chi connectivity index (χ0n) is 12.0. The normalized spacial score (nSPS) is 11.0. The maximum Gasteiger partial charge on any atom is 0.328 e. The van der Waals surface area contributed by atoms with E-state index in [-0.39, 0.29) is 0 Å². The van der Waals surface area contributed by atoms with E-state index in [9.17, 15) is 4.79 Å². The molecule has 0 amide bonds. The molecule has 5 heteroatoms. The Morgan fingerprint density at radius 3 is 2.67 bits per heavy atom. The number of carboxylic acids is 1. The van der Waals surface area contributed by atoms with Crippen LogP contribution in [0.2, 0.25) is 0 Å². The lowest BCUT2D eigenvalue weighted by molar-refractivity contribution is -0.131. The summed E-state index contributed by atoms with van der Waals surface area (Å²) in [6, 6.07) is 7.88. The van der Waals surface area contributed by atoms with Crippen LogP contribution in [0.3, 0.4) is 0 Å². The zero-order chi connectivity index (χ0) is 15.2. The Labute approximate surface area is 127 Å². The smallest absolute Gasteiger partial charge is 0.328 e. The van der Waals surface area contributed by atoms with E-state index in [1.54, 1.807) is 13.2 Å². The Morgan fingerprint density at radius 2 is 2.10 bits per heavy atom. The molecule has 0 aliphatic rings. The lowest BCUT2D eigenvalue weighted by Gasteiger charge is -2.01. The van der Waals surface area contributed by atoms with E-state index >= 15 is 0 Å². The average Bonchev–Trinajstić information content (AvgIpc) is 2.88. The van der Waals surface area contributed by atoms with Crippen LogP contribution in [-0.2, 0) is 17.6 Å². The quantitative estimate of drug-likeness (QED) is 0.831. The molecular weight excluding hydrogens is 286 g/mol. The van der Waals surface area contributed by atoms with Crippen molar-refractivity contribution < 1.29 is 14.6 Å². The largest absolute Gasteiger partial charge is 0.497 e. The fraction of sp³-hybridized carbons (Fsp3) is 0.250. The summed E-state index contributed by atoms with van der Waals surface area (Å²) in [6.07, 6.45) is 4.31. The second kappa shape index (κ2) is 7.04. The predicted molar refractivity (Wildman–Crippen MR) is 84.0 cm³/mol. The van der Waals surface area contributed by atoms with Crippen LogP contribution >= 0.6 is 11.3 Å². The van der Waals surface area contributed by atoms with Gasteiger partial charge in [-0.15, -0.1) is 11.3 Å². The summed E-state index contributed by atoms with van der Waals surface area (Å²) in [5, 5.41) is 9.70. The fourth-order valence-electron chi connectivity index (χ4n) is 1.94. The summed E-state index contributed by atoms with van der Waals surface area (Å²) in [7, 11) is 1.64. The van der Waals surface area contributed by atoms with Gasteiger partial charge in [0.2, 0.25) is 0 Å². The Morgan fingerprint density at radius 1 is 1.38 bits per heavy atom. The molecule has 110 valence electrons. The van der Waals surface area contributed by atoms with Crippen LogP contribution in [0, 0.1) is 0 Å². The number of methoxy groups -OCH3 is 1. The van der Waals surface area contributed by atoms with Gasteiger partial charge in [-0.2, -0.15) is 0 Å². The molecule has 0 unspecified atom stereocenters. The number of aliphatic carboxylic acids is 1. The van der Waals surface area contributed by atoms with E-state index < -0.39 is 5.97 Å². The first-order chi connectivity index (χ1) is 10.1. The number of ether oxygens (including phenoxy) is 1. The van der Waals surface area contributed by atoms with Crippen molar-refractivity contribution in [3.63, 3.8) is 0 Å². The highest BCUT2D eigenvalue weighted by Gasteiger charge is 2.08. The van der Waals surface area contributed by atoms with Crippen LogP contribution in [0.15, 0.2) is 30.3 Å². The van der Waals surface area contributed by atoms with Crippen molar-refractivity contribution in [3.8, 4) is 5.75 Å². The van der Waals surface area contributed by atoms with E-state index in [0.717, 1.165) is 45.8 Å². The molecule has 0 fully saturated rings. The van der Waals surface area contributed by atoms with Gasteiger partial charge in [-0.25, -0.2) is 9.78 Å². The van der Waals surface area contributed by atoms with E-state index in [0.29, 0.717) is 0 Å². The Kier molecular flexibility index (Phi) is 5.11.